The van der Waals surface area contributed by atoms with Crippen molar-refractivity contribution < 1.29 is 19.1 Å². The summed E-state index contributed by atoms with van der Waals surface area (Å²) in [6.45, 7) is 1.94. The summed E-state index contributed by atoms with van der Waals surface area (Å²) in [7, 11) is 1.31. The molecule has 0 radical (unpaired) electrons. The topological polar surface area (TPSA) is 66.9 Å². The molecule has 0 N–H and O–H groups in total. The van der Waals surface area contributed by atoms with Gasteiger partial charge in [0.25, 0.3) is 0 Å². The highest BCUT2D eigenvalue weighted by atomic mass is 16.5. The Morgan fingerprint density at radius 3 is 2.61 bits per heavy atom. The van der Waals surface area contributed by atoms with Crippen LogP contribution in [0.25, 0.3) is 0 Å². The fraction of sp³-hybridized carbons (Fsp3) is 0.750. The average Bonchev–Trinajstić information content (AvgIpc) is 2.99. The predicted octanol–water partition coefficient (Wildman–Crippen LogP) is -0.370. The molecule has 2 heterocycles. The first-order valence-corrected chi connectivity index (χ1v) is 6.25. The number of methoxy groups -OCH3 is 1. The van der Waals surface area contributed by atoms with E-state index in [1.54, 1.807) is 4.90 Å². The summed E-state index contributed by atoms with van der Waals surface area (Å²) in [5, 5.41) is 0. The van der Waals surface area contributed by atoms with Gasteiger partial charge in [0.15, 0.2) is 0 Å². The van der Waals surface area contributed by atoms with Gasteiger partial charge in [-0.3, -0.25) is 14.4 Å². The zero-order chi connectivity index (χ0) is 13.1. The number of esters is 1. The second-order valence-electron chi connectivity index (χ2n) is 4.79. The monoisotopic (exact) mass is 254 g/mol. The number of hydrogen-bond donors (Lipinski definition) is 0. The Hall–Kier alpha value is -1.59. The molecule has 2 aliphatic rings. The van der Waals surface area contributed by atoms with E-state index >= 15 is 0 Å². The lowest BCUT2D eigenvalue weighted by Crippen LogP contribution is -2.39. The number of carbonyl (C=O) groups excluding carboxylic acids is 3. The van der Waals surface area contributed by atoms with Crippen LogP contribution in [0.3, 0.4) is 0 Å². The van der Waals surface area contributed by atoms with E-state index in [1.807, 2.05) is 0 Å². The highest BCUT2D eigenvalue weighted by molar-refractivity contribution is 5.90. The summed E-state index contributed by atoms with van der Waals surface area (Å²) in [6, 6.07) is 0. The van der Waals surface area contributed by atoms with Crippen LogP contribution in [0.2, 0.25) is 0 Å². The van der Waals surface area contributed by atoms with Gasteiger partial charge in [0.2, 0.25) is 11.8 Å². The second-order valence-corrected chi connectivity index (χ2v) is 4.79. The van der Waals surface area contributed by atoms with E-state index in [2.05, 4.69) is 4.74 Å². The Morgan fingerprint density at radius 2 is 2.00 bits per heavy atom. The van der Waals surface area contributed by atoms with Gasteiger partial charge in [-0.2, -0.15) is 0 Å². The van der Waals surface area contributed by atoms with Crippen LogP contribution in [-0.4, -0.2) is 60.9 Å². The lowest BCUT2D eigenvalue weighted by molar-refractivity contribution is -0.145. The van der Waals surface area contributed by atoms with E-state index in [4.69, 9.17) is 0 Å². The van der Waals surface area contributed by atoms with Crippen LogP contribution in [0.4, 0.5) is 0 Å². The Morgan fingerprint density at radius 1 is 1.33 bits per heavy atom. The van der Waals surface area contributed by atoms with Gasteiger partial charge in [0.1, 0.15) is 0 Å². The maximum atomic E-state index is 11.9. The number of nitrogens with zero attached hydrogens (tertiary/aromatic N) is 2. The van der Waals surface area contributed by atoms with Gasteiger partial charge in [-0.05, 0) is 12.8 Å². The third-order valence-corrected chi connectivity index (χ3v) is 3.53. The quantitative estimate of drug-likeness (QED) is 0.644. The number of likely N-dealkylation sites (tertiary alicyclic amines) is 2. The summed E-state index contributed by atoms with van der Waals surface area (Å²) in [5.41, 5.74) is 0. The van der Waals surface area contributed by atoms with Crippen LogP contribution in [-0.2, 0) is 19.1 Å². The molecule has 6 nitrogen and oxygen atoms in total. The van der Waals surface area contributed by atoms with Gasteiger partial charge >= 0.3 is 5.97 Å². The van der Waals surface area contributed by atoms with E-state index < -0.39 is 5.92 Å². The van der Waals surface area contributed by atoms with Crippen molar-refractivity contribution in [2.45, 2.75) is 19.3 Å². The number of rotatable bonds is 3. The minimum atomic E-state index is -0.422. The molecule has 1 unspecified atom stereocenters. The first kappa shape index (κ1) is 12.9. The Labute approximate surface area is 106 Å². The van der Waals surface area contributed by atoms with Crippen molar-refractivity contribution in [1.82, 2.24) is 9.80 Å². The standard InChI is InChI=1S/C12H18N2O4/c1-18-12(17)9-6-10(15)14(7-9)8-11(16)13-4-2-3-5-13/h9H,2-8H2,1H3. The van der Waals surface area contributed by atoms with Crippen LogP contribution in [0.15, 0.2) is 0 Å². The highest BCUT2D eigenvalue weighted by Crippen LogP contribution is 2.19. The lowest BCUT2D eigenvalue weighted by atomic mass is 10.1. The molecule has 1 atom stereocenters. The van der Waals surface area contributed by atoms with Crippen LogP contribution in [0.1, 0.15) is 19.3 Å². The van der Waals surface area contributed by atoms with Gasteiger partial charge < -0.3 is 14.5 Å². The van der Waals surface area contributed by atoms with Crippen LogP contribution >= 0.6 is 0 Å². The normalized spacial score (nSPS) is 23.6. The highest BCUT2D eigenvalue weighted by Gasteiger charge is 2.36. The Kier molecular flexibility index (Phi) is 3.84. The number of hydrogen-bond acceptors (Lipinski definition) is 4. The molecule has 0 aromatic rings. The van der Waals surface area contributed by atoms with E-state index in [1.165, 1.54) is 12.0 Å². The minimum Gasteiger partial charge on any atom is -0.469 e. The van der Waals surface area contributed by atoms with Crippen molar-refractivity contribution in [2.24, 2.45) is 5.92 Å². The van der Waals surface area contributed by atoms with E-state index in [0.29, 0.717) is 6.54 Å². The second kappa shape index (κ2) is 5.37. The molecule has 2 saturated heterocycles. The Bertz CT molecular complexity index is 363. The molecule has 2 fully saturated rings. The van der Waals surface area contributed by atoms with E-state index in [0.717, 1.165) is 25.9 Å². The maximum absolute atomic E-state index is 11.9. The van der Waals surface area contributed by atoms with Gasteiger partial charge in [-0.15, -0.1) is 0 Å². The van der Waals surface area contributed by atoms with Crippen molar-refractivity contribution >= 4 is 17.8 Å². The fourth-order valence-electron chi connectivity index (χ4n) is 2.48. The van der Waals surface area contributed by atoms with Crippen LogP contribution in [0, 0.1) is 5.92 Å². The molecule has 2 amide bonds. The van der Waals surface area contributed by atoms with Crippen molar-refractivity contribution in [1.29, 1.82) is 0 Å². The van der Waals surface area contributed by atoms with Gasteiger partial charge in [0.05, 0.1) is 19.6 Å². The van der Waals surface area contributed by atoms with Gasteiger partial charge in [-0.25, -0.2) is 0 Å². The first-order chi connectivity index (χ1) is 8.61. The fourth-order valence-corrected chi connectivity index (χ4v) is 2.48. The molecule has 100 valence electrons. The Balaban J connectivity index is 1.88. The van der Waals surface area contributed by atoms with Crippen molar-refractivity contribution in [2.75, 3.05) is 33.3 Å². The first-order valence-electron chi connectivity index (χ1n) is 6.25. The lowest BCUT2D eigenvalue weighted by Gasteiger charge is -2.20. The summed E-state index contributed by atoms with van der Waals surface area (Å²) in [4.78, 5) is 38.2. The number of carbonyl (C=O) groups is 3. The average molecular weight is 254 g/mol. The molecule has 18 heavy (non-hydrogen) atoms. The summed E-state index contributed by atoms with van der Waals surface area (Å²) >= 11 is 0. The zero-order valence-corrected chi connectivity index (χ0v) is 10.6. The van der Waals surface area contributed by atoms with E-state index in [9.17, 15) is 14.4 Å². The molecular weight excluding hydrogens is 236 g/mol. The molecule has 2 aliphatic heterocycles. The zero-order valence-electron chi connectivity index (χ0n) is 10.6. The number of ether oxygens (including phenoxy) is 1. The van der Waals surface area contributed by atoms with Crippen molar-refractivity contribution in [3.63, 3.8) is 0 Å². The van der Waals surface area contributed by atoms with Crippen molar-refractivity contribution in [3.05, 3.63) is 0 Å². The van der Waals surface area contributed by atoms with Crippen LogP contribution in [0.5, 0.6) is 0 Å². The molecular formula is C12H18N2O4. The molecule has 2 rings (SSSR count). The van der Waals surface area contributed by atoms with E-state index in [-0.39, 0.29) is 30.7 Å². The smallest absolute Gasteiger partial charge is 0.310 e. The molecule has 0 spiro atoms. The van der Waals surface area contributed by atoms with Crippen molar-refractivity contribution in [3.8, 4) is 0 Å². The summed E-state index contributed by atoms with van der Waals surface area (Å²) in [6.07, 6.45) is 2.22. The minimum absolute atomic E-state index is 0.0219. The molecule has 6 heteroatoms. The van der Waals surface area contributed by atoms with Crippen LogP contribution < -0.4 is 0 Å². The maximum Gasteiger partial charge on any atom is 0.310 e. The molecule has 0 aliphatic carbocycles. The molecule has 0 saturated carbocycles. The summed E-state index contributed by atoms with van der Waals surface area (Å²) < 4.78 is 4.62. The largest absolute Gasteiger partial charge is 0.469 e. The number of amides is 2. The third-order valence-electron chi connectivity index (χ3n) is 3.53. The molecule has 0 aromatic heterocycles. The SMILES string of the molecule is COC(=O)C1CC(=O)N(CC(=O)N2CCCC2)C1. The van der Waals surface area contributed by atoms with Gasteiger partial charge in [0, 0.05) is 26.1 Å². The predicted molar refractivity (Wildman–Crippen MR) is 62.5 cm³/mol. The molecule has 0 bridgehead atoms. The third kappa shape index (κ3) is 2.63. The summed E-state index contributed by atoms with van der Waals surface area (Å²) in [5.74, 6) is -0.960. The van der Waals surface area contributed by atoms with Gasteiger partial charge in [-0.1, -0.05) is 0 Å². The molecule has 0 aromatic carbocycles.